The number of carbonyl (C=O) groups is 1. The smallest absolute Gasteiger partial charge is 0.398 e. The first kappa shape index (κ1) is 18.0. The highest BCUT2D eigenvalue weighted by Crippen LogP contribution is 2.33. The quantitative estimate of drug-likeness (QED) is 0.390. The van der Waals surface area contributed by atoms with Crippen LogP contribution in [0, 0.1) is 15.9 Å². The molecule has 0 unspecified atom stereocenters. The lowest BCUT2D eigenvalue weighted by Gasteiger charge is -1.94. The third kappa shape index (κ3) is 3.82. The Hall–Kier alpha value is -3.38. The van der Waals surface area contributed by atoms with E-state index < -0.39 is 10.8 Å². The van der Waals surface area contributed by atoms with Crippen LogP contribution in [0.1, 0.15) is 5.56 Å². The molecule has 1 amide bonds. The number of hydrogen-bond acceptors (Lipinski definition) is 9. The number of nitrogens with one attached hydrogen (secondary N) is 1. The Labute approximate surface area is 164 Å². The van der Waals surface area contributed by atoms with Crippen molar-refractivity contribution in [2.24, 2.45) is 4.99 Å². The fraction of sp³-hybridized carbons (Fsp3) is 0. The molecular weight excluding hydrogens is 409 g/mol. The Morgan fingerprint density at radius 3 is 2.71 bits per heavy atom. The van der Waals surface area contributed by atoms with Gasteiger partial charge < -0.3 is 9.73 Å². The van der Waals surface area contributed by atoms with Crippen LogP contribution in [0.5, 0.6) is 0 Å². The Morgan fingerprint density at radius 1 is 1.21 bits per heavy atom. The molecule has 1 aromatic carbocycles. The van der Waals surface area contributed by atoms with Crippen molar-refractivity contribution in [3.05, 3.63) is 62.8 Å². The highest BCUT2D eigenvalue weighted by Gasteiger charge is 2.24. The molecule has 0 bridgehead atoms. The number of nitrogens with zero attached hydrogens (tertiary/aromatic N) is 4. The number of hydrogen-bond donors (Lipinski definition) is 1. The number of aliphatic imine (C=N–C) groups is 1. The number of benzene rings is 1. The second-order valence-electron chi connectivity index (χ2n) is 5.32. The number of aromatic nitrogens is 2. The molecule has 0 spiro atoms. The summed E-state index contributed by atoms with van der Waals surface area (Å²) in [5.41, 5.74) is 0.679. The van der Waals surface area contributed by atoms with E-state index in [2.05, 4.69) is 20.5 Å². The molecule has 9 nitrogen and oxygen atoms in total. The number of amidine groups is 1. The van der Waals surface area contributed by atoms with E-state index in [1.807, 2.05) is 0 Å². The minimum Gasteiger partial charge on any atom is -0.398 e. The lowest BCUT2D eigenvalue weighted by Crippen LogP contribution is -2.19. The lowest BCUT2D eigenvalue weighted by molar-refractivity contribution is -0.401. The van der Waals surface area contributed by atoms with Gasteiger partial charge in [0.05, 0.1) is 11.0 Å². The molecule has 3 aromatic rings. The second kappa shape index (κ2) is 7.32. The second-order valence-corrected chi connectivity index (χ2v) is 7.30. The molecule has 1 aliphatic heterocycles. The van der Waals surface area contributed by atoms with Gasteiger partial charge in [-0.1, -0.05) is 23.5 Å². The average molecular weight is 417 g/mol. The van der Waals surface area contributed by atoms with Gasteiger partial charge in [-0.2, -0.15) is 4.99 Å². The van der Waals surface area contributed by atoms with Gasteiger partial charge in [-0.3, -0.25) is 14.9 Å². The predicted octanol–water partition coefficient (Wildman–Crippen LogP) is 3.74. The zero-order chi connectivity index (χ0) is 19.7. The molecular formula is C16H8FN5O4S2. The Balaban J connectivity index is 1.52. The van der Waals surface area contributed by atoms with Gasteiger partial charge in [0.15, 0.2) is 15.9 Å². The molecule has 3 heterocycles. The highest BCUT2D eigenvalue weighted by molar-refractivity contribution is 8.18. The molecule has 2 aromatic heterocycles. The van der Waals surface area contributed by atoms with Gasteiger partial charge in [-0.05, 0) is 41.6 Å². The first-order valence-corrected chi connectivity index (χ1v) is 9.24. The first-order valence-electron chi connectivity index (χ1n) is 7.61. The van der Waals surface area contributed by atoms with E-state index in [9.17, 15) is 19.3 Å². The average Bonchev–Trinajstić information content (AvgIpc) is 3.38. The van der Waals surface area contributed by atoms with Crippen molar-refractivity contribution in [3.8, 4) is 10.8 Å². The van der Waals surface area contributed by atoms with Crippen molar-refractivity contribution < 1.29 is 18.5 Å². The van der Waals surface area contributed by atoms with Crippen LogP contribution in [-0.2, 0) is 4.79 Å². The number of rotatable bonds is 4. The van der Waals surface area contributed by atoms with Crippen molar-refractivity contribution in [1.29, 1.82) is 0 Å². The summed E-state index contributed by atoms with van der Waals surface area (Å²) < 4.78 is 18.0. The van der Waals surface area contributed by atoms with Crippen LogP contribution in [0.25, 0.3) is 16.8 Å². The summed E-state index contributed by atoms with van der Waals surface area (Å²) in [5, 5.41) is 21.9. The van der Waals surface area contributed by atoms with Crippen molar-refractivity contribution >= 4 is 51.3 Å². The van der Waals surface area contributed by atoms with Crippen LogP contribution >= 0.6 is 23.1 Å². The summed E-state index contributed by atoms with van der Waals surface area (Å²) in [6.07, 6.45) is 1.62. The van der Waals surface area contributed by atoms with E-state index in [1.54, 1.807) is 18.2 Å². The van der Waals surface area contributed by atoms with Gasteiger partial charge in [0.25, 0.3) is 5.91 Å². The summed E-state index contributed by atoms with van der Waals surface area (Å²) in [4.78, 5) is 26.7. The third-order valence-corrected chi connectivity index (χ3v) is 5.15. The van der Waals surface area contributed by atoms with Crippen LogP contribution in [-0.4, -0.2) is 26.2 Å². The fourth-order valence-electron chi connectivity index (χ4n) is 2.18. The Kier molecular flexibility index (Phi) is 4.71. The van der Waals surface area contributed by atoms with Gasteiger partial charge in [-0.15, -0.1) is 10.2 Å². The summed E-state index contributed by atoms with van der Waals surface area (Å²) >= 11 is 2.16. The van der Waals surface area contributed by atoms with E-state index in [4.69, 9.17) is 4.42 Å². The molecule has 0 aliphatic carbocycles. The number of amides is 1. The maximum absolute atomic E-state index is 13.0. The van der Waals surface area contributed by atoms with E-state index in [-0.39, 0.29) is 22.6 Å². The van der Waals surface area contributed by atoms with Crippen molar-refractivity contribution in [3.63, 3.8) is 0 Å². The van der Waals surface area contributed by atoms with Crippen LogP contribution in [0.15, 0.2) is 50.7 Å². The van der Waals surface area contributed by atoms with Crippen molar-refractivity contribution in [2.75, 3.05) is 0 Å². The van der Waals surface area contributed by atoms with E-state index in [0.717, 1.165) is 23.1 Å². The summed E-state index contributed by atoms with van der Waals surface area (Å²) in [5.74, 6) is -0.885. The minimum absolute atomic E-state index is 0.204. The van der Waals surface area contributed by atoms with Crippen LogP contribution in [0.3, 0.4) is 0 Å². The summed E-state index contributed by atoms with van der Waals surface area (Å²) in [6, 6.07) is 8.38. The monoisotopic (exact) mass is 417 g/mol. The molecule has 0 saturated carbocycles. The van der Waals surface area contributed by atoms with E-state index >= 15 is 0 Å². The van der Waals surface area contributed by atoms with Gasteiger partial charge in [-0.25, -0.2) is 4.39 Å². The first-order chi connectivity index (χ1) is 13.5. The molecule has 4 rings (SSSR count). The molecule has 140 valence electrons. The zero-order valence-electron chi connectivity index (χ0n) is 13.7. The SMILES string of the molecule is O=C1NC(=Nc2nnc(-c3ccc([N+](=O)[O-])o3)s2)SC1=Cc1ccc(F)cc1. The fourth-order valence-corrected chi connectivity index (χ4v) is 3.74. The zero-order valence-corrected chi connectivity index (χ0v) is 15.3. The van der Waals surface area contributed by atoms with E-state index in [1.165, 1.54) is 24.3 Å². The molecule has 1 saturated heterocycles. The largest absolute Gasteiger partial charge is 0.433 e. The maximum atomic E-state index is 13.0. The minimum atomic E-state index is -0.647. The summed E-state index contributed by atoms with van der Waals surface area (Å²) in [7, 11) is 0. The molecule has 1 N–H and O–H groups in total. The van der Waals surface area contributed by atoms with Crippen LogP contribution < -0.4 is 5.32 Å². The molecule has 0 atom stereocenters. The van der Waals surface area contributed by atoms with Gasteiger partial charge in [0.1, 0.15) is 10.7 Å². The molecule has 12 heteroatoms. The van der Waals surface area contributed by atoms with Gasteiger partial charge in [0, 0.05) is 0 Å². The van der Waals surface area contributed by atoms with Crippen LogP contribution in [0.4, 0.5) is 15.4 Å². The van der Waals surface area contributed by atoms with Gasteiger partial charge >= 0.3 is 5.88 Å². The molecule has 28 heavy (non-hydrogen) atoms. The van der Waals surface area contributed by atoms with Gasteiger partial charge in [0.2, 0.25) is 5.13 Å². The topological polar surface area (TPSA) is 124 Å². The molecule has 1 aliphatic rings. The normalized spacial score (nSPS) is 16.7. The number of thioether (sulfide) groups is 1. The molecule has 1 fully saturated rings. The molecule has 0 radical (unpaired) electrons. The van der Waals surface area contributed by atoms with Crippen molar-refractivity contribution in [2.45, 2.75) is 0 Å². The third-order valence-electron chi connectivity index (χ3n) is 3.41. The number of halogens is 1. The lowest BCUT2D eigenvalue weighted by atomic mass is 10.2. The van der Waals surface area contributed by atoms with Crippen molar-refractivity contribution in [1.82, 2.24) is 15.5 Å². The number of nitro groups is 1. The Morgan fingerprint density at radius 2 is 2.00 bits per heavy atom. The maximum Gasteiger partial charge on any atom is 0.433 e. The predicted molar refractivity (Wildman–Crippen MR) is 101 cm³/mol. The summed E-state index contributed by atoms with van der Waals surface area (Å²) in [6.45, 7) is 0. The number of furan rings is 1. The van der Waals surface area contributed by atoms with Crippen LogP contribution in [0.2, 0.25) is 0 Å². The Bertz CT molecular complexity index is 1140. The van der Waals surface area contributed by atoms with E-state index in [0.29, 0.717) is 20.6 Å². The highest BCUT2D eigenvalue weighted by atomic mass is 32.2. The standard InChI is InChI=1S/C16H8FN5O4S2/c17-9-3-1-8(2-4-9)7-11-13(23)18-15(27-11)19-16-21-20-14(28-16)10-5-6-12(26-10)22(24)25/h1-7H,(H,18,19,21,23). The number of carbonyl (C=O) groups excluding carboxylic acids is 1.